The number of hydrogen-bond acceptors (Lipinski definition) is 3. The molecular formula is C23H27FN2O3S. The molecule has 0 aromatic heterocycles. The van der Waals surface area contributed by atoms with Crippen molar-refractivity contribution in [2.75, 3.05) is 20.1 Å². The Morgan fingerprint density at radius 3 is 2.30 bits per heavy atom. The van der Waals surface area contributed by atoms with Gasteiger partial charge in [-0.25, -0.2) is 12.8 Å². The highest BCUT2D eigenvalue weighted by Gasteiger charge is 2.32. The van der Waals surface area contributed by atoms with E-state index in [1.165, 1.54) is 21.8 Å². The van der Waals surface area contributed by atoms with Gasteiger partial charge in [-0.1, -0.05) is 42.5 Å². The molecule has 1 aliphatic heterocycles. The van der Waals surface area contributed by atoms with Crippen molar-refractivity contribution < 1.29 is 17.6 Å². The van der Waals surface area contributed by atoms with Gasteiger partial charge in [-0.2, -0.15) is 4.31 Å². The normalized spacial score (nSPS) is 17.2. The van der Waals surface area contributed by atoms with Gasteiger partial charge in [0.25, 0.3) is 0 Å². The summed E-state index contributed by atoms with van der Waals surface area (Å²) in [5.74, 6) is -0.541. The van der Waals surface area contributed by atoms with Gasteiger partial charge in [0.05, 0.1) is 6.04 Å². The highest BCUT2D eigenvalue weighted by molar-refractivity contribution is 7.92. The Bertz CT molecular complexity index is 983. The van der Waals surface area contributed by atoms with Crippen molar-refractivity contribution in [1.82, 2.24) is 9.21 Å². The van der Waals surface area contributed by atoms with Crippen LogP contribution in [0.15, 0.2) is 60.0 Å². The van der Waals surface area contributed by atoms with Crippen molar-refractivity contribution in [2.45, 2.75) is 25.8 Å². The van der Waals surface area contributed by atoms with Gasteiger partial charge >= 0.3 is 0 Å². The number of carbonyl (C=O) groups is 1. The summed E-state index contributed by atoms with van der Waals surface area (Å²) in [6.07, 6.45) is 2.56. The molecule has 30 heavy (non-hydrogen) atoms. The first kappa shape index (κ1) is 22.2. The summed E-state index contributed by atoms with van der Waals surface area (Å²) >= 11 is 0. The molecule has 0 saturated carbocycles. The second-order valence-electron chi connectivity index (χ2n) is 7.61. The molecule has 0 aliphatic carbocycles. The third kappa shape index (κ3) is 5.34. The van der Waals surface area contributed by atoms with Crippen LogP contribution in [0, 0.1) is 11.7 Å². The predicted octanol–water partition coefficient (Wildman–Crippen LogP) is 4.06. The Kier molecular flexibility index (Phi) is 7.05. The van der Waals surface area contributed by atoms with Gasteiger partial charge in [-0.15, -0.1) is 0 Å². The number of nitrogens with zero attached hydrogens (tertiary/aromatic N) is 2. The third-order valence-corrected chi connectivity index (χ3v) is 7.24. The van der Waals surface area contributed by atoms with Crippen molar-refractivity contribution in [1.29, 1.82) is 0 Å². The number of rotatable bonds is 6. The molecule has 3 rings (SSSR count). The topological polar surface area (TPSA) is 57.7 Å². The molecule has 0 bridgehead atoms. The summed E-state index contributed by atoms with van der Waals surface area (Å²) in [5.41, 5.74) is 1.68. The molecule has 5 nitrogen and oxygen atoms in total. The summed E-state index contributed by atoms with van der Waals surface area (Å²) in [4.78, 5) is 14.6. The number of halogens is 1. The SMILES string of the molecule is CC(c1ccc(F)cc1)N(C)C(=O)C1CCN(S(=O)(=O)/C=C/c2ccccc2)CC1. The molecular weight excluding hydrogens is 403 g/mol. The summed E-state index contributed by atoms with van der Waals surface area (Å²) < 4.78 is 39.8. The van der Waals surface area contributed by atoms with E-state index in [0.717, 1.165) is 11.1 Å². The van der Waals surface area contributed by atoms with E-state index in [1.54, 1.807) is 30.2 Å². The summed E-state index contributed by atoms with van der Waals surface area (Å²) in [5, 5.41) is 1.23. The van der Waals surface area contributed by atoms with E-state index in [4.69, 9.17) is 0 Å². The van der Waals surface area contributed by atoms with E-state index in [-0.39, 0.29) is 23.7 Å². The number of piperidine rings is 1. The first-order chi connectivity index (χ1) is 14.3. The van der Waals surface area contributed by atoms with Crippen LogP contribution >= 0.6 is 0 Å². The molecule has 1 fully saturated rings. The average Bonchev–Trinajstić information content (AvgIpc) is 2.77. The third-order valence-electron chi connectivity index (χ3n) is 5.68. The second kappa shape index (κ2) is 9.53. The van der Waals surface area contributed by atoms with E-state index in [1.807, 2.05) is 37.3 Å². The van der Waals surface area contributed by atoms with Crippen molar-refractivity contribution in [2.24, 2.45) is 5.92 Å². The molecule has 0 radical (unpaired) electrons. The van der Waals surface area contributed by atoms with E-state index in [2.05, 4.69) is 0 Å². The molecule has 7 heteroatoms. The lowest BCUT2D eigenvalue weighted by atomic mass is 9.95. The molecule has 2 aromatic rings. The fourth-order valence-electron chi connectivity index (χ4n) is 3.62. The molecule has 1 saturated heterocycles. The van der Waals surface area contributed by atoms with E-state index < -0.39 is 10.0 Å². The highest BCUT2D eigenvalue weighted by Crippen LogP contribution is 2.26. The number of benzene rings is 2. The summed E-state index contributed by atoms with van der Waals surface area (Å²) in [7, 11) is -1.78. The van der Waals surface area contributed by atoms with E-state index in [9.17, 15) is 17.6 Å². The highest BCUT2D eigenvalue weighted by atomic mass is 32.2. The van der Waals surface area contributed by atoms with Crippen molar-refractivity contribution >= 4 is 22.0 Å². The predicted molar refractivity (Wildman–Crippen MR) is 116 cm³/mol. The maximum absolute atomic E-state index is 13.1. The van der Waals surface area contributed by atoms with Crippen LogP contribution in [0.5, 0.6) is 0 Å². The number of hydrogen-bond donors (Lipinski definition) is 0. The van der Waals surface area contributed by atoms with Gasteiger partial charge < -0.3 is 4.90 Å². The minimum Gasteiger partial charge on any atom is -0.339 e. The fourth-order valence-corrected chi connectivity index (χ4v) is 4.84. The van der Waals surface area contributed by atoms with E-state index in [0.29, 0.717) is 25.9 Å². The standard InChI is InChI=1S/C23H27FN2O3S/c1-18(20-8-10-22(24)11-9-20)25(2)23(27)21-12-15-26(16-13-21)30(28,29)17-14-19-6-4-3-5-7-19/h3-11,14,17-18,21H,12-13,15-16H2,1-2H3/b17-14+. The van der Waals surface area contributed by atoms with Crippen LogP contribution in [0.1, 0.15) is 36.9 Å². The van der Waals surface area contributed by atoms with Crippen LogP contribution in [0.3, 0.4) is 0 Å². The minimum atomic E-state index is -3.52. The molecule has 0 N–H and O–H groups in total. The van der Waals surface area contributed by atoms with Crippen LogP contribution in [0.4, 0.5) is 4.39 Å². The Morgan fingerprint density at radius 1 is 1.10 bits per heavy atom. The van der Waals surface area contributed by atoms with Gasteiger partial charge in [0.1, 0.15) is 5.82 Å². The van der Waals surface area contributed by atoms with Gasteiger partial charge in [-0.05, 0) is 49.1 Å². The zero-order chi connectivity index (χ0) is 21.7. The molecule has 160 valence electrons. The van der Waals surface area contributed by atoms with Gasteiger partial charge in [0.2, 0.25) is 15.9 Å². The monoisotopic (exact) mass is 430 g/mol. The van der Waals surface area contributed by atoms with Gasteiger partial charge in [0.15, 0.2) is 0 Å². The lowest BCUT2D eigenvalue weighted by molar-refractivity contribution is -0.137. The van der Waals surface area contributed by atoms with E-state index >= 15 is 0 Å². The van der Waals surface area contributed by atoms with Crippen molar-refractivity contribution in [3.63, 3.8) is 0 Å². The Labute approximate surface area is 177 Å². The number of carbonyl (C=O) groups excluding carboxylic acids is 1. The lowest BCUT2D eigenvalue weighted by Crippen LogP contribution is -2.43. The minimum absolute atomic E-state index is 0.0105. The van der Waals surface area contributed by atoms with Crippen molar-refractivity contribution in [3.8, 4) is 0 Å². The molecule has 2 aromatic carbocycles. The molecule has 0 spiro atoms. The summed E-state index contributed by atoms with van der Waals surface area (Å²) in [6.45, 7) is 2.53. The van der Waals surface area contributed by atoms with Crippen molar-refractivity contribution in [3.05, 3.63) is 76.9 Å². The number of sulfonamides is 1. The zero-order valence-electron chi connectivity index (χ0n) is 17.2. The van der Waals surface area contributed by atoms with Crippen LogP contribution < -0.4 is 0 Å². The first-order valence-electron chi connectivity index (χ1n) is 10.0. The van der Waals surface area contributed by atoms with Gasteiger partial charge in [0, 0.05) is 31.5 Å². The molecule has 1 heterocycles. The maximum Gasteiger partial charge on any atom is 0.236 e. The van der Waals surface area contributed by atoms with Crippen LogP contribution in [-0.4, -0.2) is 43.7 Å². The smallest absolute Gasteiger partial charge is 0.236 e. The van der Waals surface area contributed by atoms with Crippen LogP contribution in [-0.2, 0) is 14.8 Å². The zero-order valence-corrected chi connectivity index (χ0v) is 18.1. The number of amides is 1. The molecule has 1 atom stereocenters. The van der Waals surface area contributed by atoms with Crippen LogP contribution in [0.25, 0.3) is 6.08 Å². The average molecular weight is 431 g/mol. The van der Waals surface area contributed by atoms with Crippen LogP contribution in [0.2, 0.25) is 0 Å². The maximum atomic E-state index is 13.1. The summed E-state index contributed by atoms with van der Waals surface area (Å²) in [6, 6.07) is 15.2. The molecule has 1 unspecified atom stereocenters. The Morgan fingerprint density at radius 2 is 1.70 bits per heavy atom. The lowest BCUT2D eigenvalue weighted by Gasteiger charge is -2.34. The molecule has 1 aliphatic rings. The fraction of sp³-hybridized carbons (Fsp3) is 0.348. The Hall–Kier alpha value is -2.51. The second-order valence-corrected chi connectivity index (χ2v) is 9.43. The quantitative estimate of drug-likeness (QED) is 0.695. The largest absolute Gasteiger partial charge is 0.339 e. The Balaban J connectivity index is 1.58. The first-order valence-corrected chi connectivity index (χ1v) is 11.5. The van der Waals surface area contributed by atoms with Gasteiger partial charge in [-0.3, -0.25) is 4.79 Å². The molecule has 1 amide bonds.